The maximum atomic E-state index is 13.0. The van der Waals surface area contributed by atoms with Crippen molar-refractivity contribution >= 4 is 39.3 Å². The van der Waals surface area contributed by atoms with E-state index in [-0.39, 0.29) is 11.5 Å². The van der Waals surface area contributed by atoms with Gasteiger partial charge in [0.25, 0.3) is 5.56 Å². The van der Waals surface area contributed by atoms with Gasteiger partial charge in [0.05, 0.1) is 12.1 Å². The van der Waals surface area contributed by atoms with E-state index in [0.29, 0.717) is 28.5 Å². The summed E-state index contributed by atoms with van der Waals surface area (Å²) in [6.45, 7) is 7.90. The van der Waals surface area contributed by atoms with Crippen LogP contribution in [-0.4, -0.2) is 27.4 Å². The summed E-state index contributed by atoms with van der Waals surface area (Å²) in [6.07, 6.45) is 1.65. The van der Waals surface area contributed by atoms with Crippen molar-refractivity contribution in [2.45, 2.75) is 30.8 Å². The standard InChI is InChI=1S/C20H20N2O3S2/c1-4-11-22-18(23)17-15(12-16(27-17)14-9-7-6-8-10-14)21-20(22)26-13(3)19(24)25-5-2/h4,6-10,12-13H,1,5,11H2,2-3H3. The van der Waals surface area contributed by atoms with Crippen molar-refractivity contribution in [1.29, 1.82) is 0 Å². The summed E-state index contributed by atoms with van der Waals surface area (Å²) in [7, 11) is 0. The second-order valence-electron chi connectivity index (χ2n) is 5.80. The molecule has 0 amide bonds. The predicted octanol–water partition coefficient (Wildman–Crippen LogP) is 4.35. The van der Waals surface area contributed by atoms with Gasteiger partial charge in [0, 0.05) is 11.4 Å². The minimum atomic E-state index is -0.461. The van der Waals surface area contributed by atoms with Gasteiger partial charge in [0.2, 0.25) is 0 Å². The summed E-state index contributed by atoms with van der Waals surface area (Å²) in [4.78, 5) is 30.6. The lowest BCUT2D eigenvalue weighted by Gasteiger charge is -2.13. The van der Waals surface area contributed by atoms with Crippen LogP contribution in [0, 0.1) is 0 Å². The maximum absolute atomic E-state index is 13.0. The van der Waals surface area contributed by atoms with Crippen LogP contribution in [0.2, 0.25) is 0 Å². The maximum Gasteiger partial charge on any atom is 0.319 e. The average Bonchev–Trinajstić information content (AvgIpc) is 3.10. The van der Waals surface area contributed by atoms with Gasteiger partial charge >= 0.3 is 5.97 Å². The third-order valence-electron chi connectivity index (χ3n) is 3.87. The highest BCUT2D eigenvalue weighted by Gasteiger charge is 2.21. The van der Waals surface area contributed by atoms with E-state index < -0.39 is 5.25 Å². The van der Waals surface area contributed by atoms with Crippen LogP contribution in [0.5, 0.6) is 0 Å². The Labute approximate surface area is 165 Å². The van der Waals surface area contributed by atoms with Crippen LogP contribution >= 0.6 is 23.1 Å². The van der Waals surface area contributed by atoms with Crippen LogP contribution in [0.4, 0.5) is 0 Å². The predicted molar refractivity (Wildman–Crippen MR) is 111 cm³/mol. The Kier molecular flexibility index (Phi) is 6.13. The topological polar surface area (TPSA) is 61.2 Å². The number of thiophene rings is 1. The molecule has 3 rings (SSSR count). The molecule has 0 aliphatic heterocycles. The van der Waals surface area contributed by atoms with Gasteiger partial charge in [-0.25, -0.2) is 4.98 Å². The van der Waals surface area contributed by atoms with E-state index in [0.717, 1.165) is 10.4 Å². The van der Waals surface area contributed by atoms with Crippen LogP contribution in [0.25, 0.3) is 20.7 Å². The lowest BCUT2D eigenvalue weighted by molar-refractivity contribution is -0.142. The number of rotatable bonds is 7. The van der Waals surface area contributed by atoms with Crippen molar-refractivity contribution in [3.05, 3.63) is 59.4 Å². The van der Waals surface area contributed by atoms with Crippen LogP contribution < -0.4 is 5.56 Å². The van der Waals surface area contributed by atoms with Gasteiger partial charge in [0.15, 0.2) is 5.16 Å². The molecule has 0 saturated carbocycles. The third kappa shape index (κ3) is 4.14. The van der Waals surface area contributed by atoms with Crippen LogP contribution in [0.1, 0.15) is 13.8 Å². The SMILES string of the molecule is C=CCn1c(SC(C)C(=O)OCC)nc2cc(-c3ccccc3)sc2c1=O. The number of thioether (sulfide) groups is 1. The molecule has 0 aliphatic carbocycles. The molecular weight excluding hydrogens is 380 g/mol. The molecule has 0 spiro atoms. The van der Waals surface area contributed by atoms with Crippen LogP contribution in [-0.2, 0) is 16.1 Å². The summed E-state index contributed by atoms with van der Waals surface area (Å²) >= 11 is 2.65. The van der Waals surface area contributed by atoms with Crippen molar-refractivity contribution in [1.82, 2.24) is 9.55 Å². The molecule has 0 bridgehead atoms. The lowest BCUT2D eigenvalue weighted by atomic mass is 10.2. The molecular formula is C20H20N2O3S2. The van der Waals surface area contributed by atoms with E-state index in [1.54, 1.807) is 24.5 Å². The van der Waals surface area contributed by atoms with Crippen LogP contribution in [0.3, 0.4) is 0 Å². The number of hydrogen-bond acceptors (Lipinski definition) is 6. The number of carbonyl (C=O) groups is 1. The molecule has 0 aliphatic rings. The summed E-state index contributed by atoms with van der Waals surface area (Å²) in [5.74, 6) is -0.322. The molecule has 7 heteroatoms. The molecule has 0 N–H and O–H groups in total. The molecule has 1 unspecified atom stereocenters. The molecule has 0 saturated heterocycles. The largest absolute Gasteiger partial charge is 0.465 e. The zero-order chi connectivity index (χ0) is 19.4. The number of allylic oxidation sites excluding steroid dienone is 1. The van der Waals surface area contributed by atoms with Crippen molar-refractivity contribution in [2.75, 3.05) is 6.61 Å². The first-order chi connectivity index (χ1) is 13.0. The smallest absolute Gasteiger partial charge is 0.319 e. The number of esters is 1. The van der Waals surface area contributed by atoms with Gasteiger partial charge in [-0.15, -0.1) is 17.9 Å². The zero-order valence-electron chi connectivity index (χ0n) is 15.2. The molecule has 1 atom stereocenters. The van der Waals surface area contributed by atoms with E-state index in [2.05, 4.69) is 11.6 Å². The van der Waals surface area contributed by atoms with Crippen molar-refractivity contribution < 1.29 is 9.53 Å². The Balaban J connectivity index is 2.07. The fourth-order valence-electron chi connectivity index (χ4n) is 2.58. The number of fused-ring (bicyclic) bond motifs is 1. The Morgan fingerprint density at radius 2 is 2.15 bits per heavy atom. The number of carbonyl (C=O) groups excluding carboxylic acids is 1. The Morgan fingerprint density at radius 1 is 1.41 bits per heavy atom. The molecule has 0 radical (unpaired) electrons. The van der Waals surface area contributed by atoms with E-state index >= 15 is 0 Å². The third-order valence-corrected chi connectivity index (χ3v) is 6.10. The summed E-state index contributed by atoms with van der Waals surface area (Å²) in [6, 6.07) is 11.8. The highest BCUT2D eigenvalue weighted by Crippen LogP contribution is 2.32. The normalized spacial score (nSPS) is 12.1. The summed E-state index contributed by atoms with van der Waals surface area (Å²) in [5, 5.41) is 0.0305. The molecule has 5 nitrogen and oxygen atoms in total. The zero-order valence-corrected chi connectivity index (χ0v) is 16.8. The van der Waals surface area contributed by atoms with Gasteiger partial charge < -0.3 is 4.74 Å². The molecule has 1 aromatic carbocycles. The highest BCUT2D eigenvalue weighted by molar-refractivity contribution is 8.00. The van der Waals surface area contributed by atoms with E-state index in [4.69, 9.17) is 4.74 Å². The number of aromatic nitrogens is 2. The fraction of sp³-hybridized carbons (Fsp3) is 0.250. The first kappa shape index (κ1) is 19.4. The molecule has 2 aromatic heterocycles. The Bertz CT molecular complexity index is 1020. The van der Waals surface area contributed by atoms with E-state index in [9.17, 15) is 9.59 Å². The van der Waals surface area contributed by atoms with Crippen molar-refractivity contribution in [3.63, 3.8) is 0 Å². The lowest BCUT2D eigenvalue weighted by Crippen LogP contribution is -2.24. The number of nitrogens with zero attached hydrogens (tertiary/aromatic N) is 2. The van der Waals surface area contributed by atoms with Crippen molar-refractivity contribution in [2.24, 2.45) is 0 Å². The molecule has 27 heavy (non-hydrogen) atoms. The van der Waals surface area contributed by atoms with Gasteiger partial charge in [-0.2, -0.15) is 0 Å². The molecule has 2 heterocycles. The van der Waals surface area contributed by atoms with Gasteiger partial charge in [-0.05, 0) is 25.5 Å². The minimum absolute atomic E-state index is 0.120. The summed E-state index contributed by atoms with van der Waals surface area (Å²) < 4.78 is 7.22. The molecule has 3 aromatic rings. The second-order valence-corrected chi connectivity index (χ2v) is 8.16. The van der Waals surface area contributed by atoms with Crippen molar-refractivity contribution in [3.8, 4) is 10.4 Å². The fourth-order valence-corrected chi connectivity index (χ4v) is 4.55. The molecule has 140 valence electrons. The average molecular weight is 401 g/mol. The number of benzene rings is 1. The minimum Gasteiger partial charge on any atom is -0.465 e. The van der Waals surface area contributed by atoms with E-state index in [1.807, 2.05) is 36.4 Å². The first-order valence-electron chi connectivity index (χ1n) is 8.59. The van der Waals surface area contributed by atoms with Gasteiger partial charge in [-0.3, -0.25) is 14.2 Å². The van der Waals surface area contributed by atoms with Gasteiger partial charge in [-0.1, -0.05) is 48.2 Å². The number of ether oxygens (including phenoxy) is 1. The quantitative estimate of drug-likeness (QED) is 0.255. The Morgan fingerprint density at radius 3 is 2.81 bits per heavy atom. The van der Waals surface area contributed by atoms with Gasteiger partial charge in [0.1, 0.15) is 9.95 Å². The highest BCUT2D eigenvalue weighted by atomic mass is 32.2. The monoisotopic (exact) mass is 400 g/mol. The summed E-state index contributed by atoms with van der Waals surface area (Å²) in [5.41, 5.74) is 1.57. The first-order valence-corrected chi connectivity index (χ1v) is 10.3. The van der Waals surface area contributed by atoms with E-state index in [1.165, 1.54) is 23.1 Å². The molecule has 0 fully saturated rings. The number of hydrogen-bond donors (Lipinski definition) is 0. The second kappa shape index (κ2) is 8.54. The Hall–Kier alpha value is -2.38. The van der Waals surface area contributed by atoms with Crippen LogP contribution in [0.15, 0.2) is 59.0 Å².